The molecule has 0 radical (unpaired) electrons. The number of anilines is 2. The Morgan fingerprint density at radius 1 is 1.26 bits per heavy atom. The van der Waals surface area contributed by atoms with Gasteiger partial charge in [0, 0.05) is 24.8 Å². The highest BCUT2D eigenvalue weighted by Crippen LogP contribution is 2.21. The standard InChI is InChI=1S/C21H27N5O4S/c1-13-6-4-8-17(22-13)23-21(29)16-7-5-9-26(11-16)19(27)12-31-15(3)20(28)24-18-10-14(2)30-25-18/h4,6,8,10,15-16H,5,7,9,11-12H2,1-3H3,(H,22,23,29)(H,24,25,28). The molecule has 0 aliphatic carbocycles. The second-order valence-corrected chi connectivity index (χ2v) is 8.93. The number of carbonyl (C=O) groups is 3. The van der Waals surface area contributed by atoms with Gasteiger partial charge < -0.3 is 20.1 Å². The molecule has 2 aromatic rings. The number of amides is 3. The third-order valence-electron chi connectivity index (χ3n) is 4.99. The van der Waals surface area contributed by atoms with E-state index in [-0.39, 0.29) is 29.4 Å². The summed E-state index contributed by atoms with van der Waals surface area (Å²) in [7, 11) is 0. The number of nitrogens with one attached hydrogen (secondary N) is 2. The first-order valence-corrected chi connectivity index (χ1v) is 11.2. The normalized spacial score (nSPS) is 17.1. The summed E-state index contributed by atoms with van der Waals surface area (Å²) >= 11 is 1.25. The Balaban J connectivity index is 1.46. The lowest BCUT2D eigenvalue weighted by Gasteiger charge is -2.32. The van der Waals surface area contributed by atoms with Crippen LogP contribution in [0.25, 0.3) is 0 Å². The predicted octanol–water partition coefficient (Wildman–Crippen LogP) is 2.62. The average Bonchev–Trinajstić information content (AvgIpc) is 3.16. The Bertz CT molecular complexity index is 947. The highest BCUT2D eigenvalue weighted by atomic mass is 32.2. The molecule has 3 heterocycles. The zero-order valence-electron chi connectivity index (χ0n) is 17.9. The Kier molecular flexibility index (Phi) is 7.67. The van der Waals surface area contributed by atoms with Crippen LogP contribution in [0, 0.1) is 19.8 Å². The SMILES string of the molecule is Cc1cccc(NC(=O)C2CCCN(C(=O)CSC(C)C(=O)Nc3cc(C)on3)C2)n1. The highest BCUT2D eigenvalue weighted by Gasteiger charge is 2.29. The number of aryl methyl sites for hydroxylation is 2. The van der Waals surface area contributed by atoms with Crippen molar-refractivity contribution in [2.24, 2.45) is 5.92 Å². The van der Waals surface area contributed by atoms with E-state index >= 15 is 0 Å². The van der Waals surface area contributed by atoms with E-state index in [1.54, 1.807) is 30.9 Å². The van der Waals surface area contributed by atoms with E-state index in [1.807, 2.05) is 19.1 Å². The van der Waals surface area contributed by atoms with Crippen LogP contribution in [0.15, 0.2) is 28.8 Å². The fraction of sp³-hybridized carbons (Fsp3) is 0.476. The fourth-order valence-electron chi connectivity index (χ4n) is 3.28. The number of rotatable bonds is 7. The summed E-state index contributed by atoms with van der Waals surface area (Å²) in [5, 5.41) is 8.81. The Hall–Kier alpha value is -2.88. The summed E-state index contributed by atoms with van der Waals surface area (Å²) in [6.45, 7) is 6.33. The third-order valence-corrected chi connectivity index (χ3v) is 6.12. The second-order valence-electron chi connectivity index (χ2n) is 7.60. The van der Waals surface area contributed by atoms with Crippen LogP contribution in [0.1, 0.15) is 31.2 Å². The van der Waals surface area contributed by atoms with E-state index in [1.165, 1.54) is 11.8 Å². The van der Waals surface area contributed by atoms with Gasteiger partial charge in [0.15, 0.2) is 5.82 Å². The lowest BCUT2D eigenvalue weighted by atomic mass is 9.97. The Morgan fingerprint density at radius 3 is 2.77 bits per heavy atom. The predicted molar refractivity (Wildman–Crippen MR) is 119 cm³/mol. The van der Waals surface area contributed by atoms with Crippen LogP contribution >= 0.6 is 11.8 Å². The van der Waals surface area contributed by atoms with Crippen LogP contribution in [-0.2, 0) is 14.4 Å². The molecule has 9 nitrogen and oxygen atoms in total. The van der Waals surface area contributed by atoms with E-state index < -0.39 is 5.25 Å². The number of hydrogen-bond acceptors (Lipinski definition) is 7. The van der Waals surface area contributed by atoms with Gasteiger partial charge in [0.25, 0.3) is 0 Å². The van der Waals surface area contributed by atoms with Crippen LogP contribution in [-0.4, -0.2) is 56.9 Å². The monoisotopic (exact) mass is 445 g/mol. The molecule has 166 valence electrons. The lowest BCUT2D eigenvalue weighted by Crippen LogP contribution is -2.44. The molecule has 0 aromatic carbocycles. The molecule has 2 aromatic heterocycles. The summed E-state index contributed by atoms with van der Waals surface area (Å²) in [5.74, 6) is 0.925. The minimum atomic E-state index is -0.433. The van der Waals surface area contributed by atoms with Crippen LogP contribution < -0.4 is 10.6 Å². The maximum atomic E-state index is 12.7. The van der Waals surface area contributed by atoms with Gasteiger partial charge in [-0.25, -0.2) is 4.98 Å². The first kappa shape index (κ1) is 22.8. The van der Waals surface area contributed by atoms with Crippen molar-refractivity contribution in [2.45, 2.75) is 38.9 Å². The molecule has 0 spiro atoms. The molecule has 10 heteroatoms. The number of piperidine rings is 1. The molecular formula is C21H27N5O4S. The van der Waals surface area contributed by atoms with E-state index in [9.17, 15) is 14.4 Å². The number of pyridine rings is 1. The van der Waals surface area contributed by atoms with Gasteiger partial charge in [-0.2, -0.15) is 0 Å². The first-order valence-electron chi connectivity index (χ1n) is 10.2. The summed E-state index contributed by atoms with van der Waals surface area (Å²) in [4.78, 5) is 43.5. The minimum absolute atomic E-state index is 0.0758. The van der Waals surface area contributed by atoms with Crippen molar-refractivity contribution < 1.29 is 18.9 Å². The minimum Gasteiger partial charge on any atom is -0.360 e. The van der Waals surface area contributed by atoms with Gasteiger partial charge in [-0.05, 0) is 45.7 Å². The molecule has 1 aliphatic heterocycles. The summed E-state index contributed by atoms with van der Waals surface area (Å²) < 4.78 is 4.93. The molecule has 2 N–H and O–H groups in total. The van der Waals surface area contributed by atoms with E-state index in [4.69, 9.17) is 4.52 Å². The number of carbonyl (C=O) groups excluding carboxylic acids is 3. The van der Waals surface area contributed by atoms with Crippen LogP contribution in [0.5, 0.6) is 0 Å². The number of likely N-dealkylation sites (tertiary alicyclic amines) is 1. The maximum Gasteiger partial charge on any atom is 0.238 e. The molecule has 0 bridgehead atoms. The average molecular weight is 446 g/mol. The van der Waals surface area contributed by atoms with Crippen molar-refractivity contribution in [3.05, 3.63) is 35.7 Å². The number of aromatic nitrogens is 2. The maximum absolute atomic E-state index is 12.7. The fourth-order valence-corrected chi connectivity index (χ4v) is 4.06. The lowest BCUT2D eigenvalue weighted by molar-refractivity contribution is -0.132. The Morgan fingerprint density at radius 2 is 2.06 bits per heavy atom. The van der Waals surface area contributed by atoms with Crippen molar-refractivity contribution >= 4 is 41.1 Å². The van der Waals surface area contributed by atoms with Gasteiger partial charge in [0.1, 0.15) is 11.6 Å². The number of nitrogens with zero attached hydrogens (tertiary/aromatic N) is 3. The van der Waals surface area contributed by atoms with E-state index in [0.717, 1.165) is 18.5 Å². The second kappa shape index (κ2) is 10.4. The van der Waals surface area contributed by atoms with Gasteiger partial charge in [0.2, 0.25) is 17.7 Å². The quantitative estimate of drug-likeness (QED) is 0.673. The molecule has 1 fully saturated rings. The van der Waals surface area contributed by atoms with Gasteiger partial charge in [0.05, 0.1) is 16.9 Å². The van der Waals surface area contributed by atoms with Crippen LogP contribution in [0.3, 0.4) is 0 Å². The summed E-state index contributed by atoms with van der Waals surface area (Å²) in [6, 6.07) is 7.08. The first-order chi connectivity index (χ1) is 14.8. The largest absolute Gasteiger partial charge is 0.360 e. The van der Waals surface area contributed by atoms with Crippen molar-refractivity contribution in [2.75, 3.05) is 29.5 Å². The molecule has 1 aliphatic rings. The smallest absolute Gasteiger partial charge is 0.238 e. The molecule has 31 heavy (non-hydrogen) atoms. The van der Waals surface area contributed by atoms with Crippen molar-refractivity contribution in [1.82, 2.24) is 15.0 Å². The van der Waals surface area contributed by atoms with Crippen molar-refractivity contribution in [3.8, 4) is 0 Å². The Labute approximate surface area is 185 Å². The topological polar surface area (TPSA) is 117 Å². The molecule has 3 rings (SSSR count). The number of thioether (sulfide) groups is 1. The van der Waals surface area contributed by atoms with Crippen LogP contribution in [0.2, 0.25) is 0 Å². The van der Waals surface area contributed by atoms with E-state index in [2.05, 4.69) is 20.8 Å². The molecule has 1 saturated heterocycles. The molecule has 3 amide bonds. The highest BCUT2D eigenvalue weighted by molar-refractivity contribution is 8.01. The van der Waals surface area contributed by atoms with Crippen molar-refractivity contribution in [3.63, 3.8) is 0 Å². The van der Waals surface area contributed by atoms with Crippen molar-refractivity contribution in [1.29, 1.82) is 0 Å². The zero-order valence-corrected chi connectivity index (χ0v) is 18.7. The van der Waals surface area contributed by atoms with Gasteiger partial charge in [-0.15, -0.1) is 11.8 Å². The van der Waals surface area contributed by atoms with Gasteiger partial charge in [-0.3, -0.25) is 14.4 Å². The summed E-state index contributed by atoms with van der Waals surface area (Å²) in [6.07, 6.45) is 1.49. The molecule has 0 saturated carbocycles. The zero-order chi connectivity index (χ0) is 22.4. The molecule has 2 atom stereocenters. The third kappa shape index (κ3) is 6.55. The van der Waals surface area contributed by atoms with E-state index in [0.29, 0.717) is 30.5 Å². The van der Waals surface area contributed by atoms with Gasteiger partial charge >= 0.3 is 0 Å². The molecule has 2 unspecified atom stereocenters. The van der Waals surface area contributed by atoms with Gasteiger partial charge in [-0.1, -0.05) is 11.2 Å². The number of hydrogen-bond donors (Lipinski definition) is 2. The van der Waals surface area contributed by atoms with Crippen LogP contribution in [0.4, 0.5) is 11.6 Å². The summed E-state index contributed by atoms with van der Waals surface area (Å²) in [5.41, 5.74) is 0.826. The molecular weight excluding hydrogens is 418 g/mol.